The molecule has 0 aliphatic heterocycles. The van der Waals surface area contributed by atoms with Gasteiger partial charge in [-0.3, -0.25) is 4.68 Å². The number of aromatic nitrogens is 2. The number of hydrogen-bond acceptors (Lipinski definition) is 2. The minimum absolute atomic E-state index is 0.716. The van der Waals surface area contributed by atoms with Crippen molar-refractivity contribution in [1.29, 1.82) is 0 Å². The number of hydrogen-bond donors (Lipinski definition) is 1. The average Bonchev–Trinajstić information content (AvgIpc) is 2.88. The molecule has 2 aromatic rings. The topological polar surface area (TPSA) is 33.1 Å². The molecule has 5 heteroatoms. The van der Waals surface area contributed by atoms with Crippen LogP contribution >= 0.6 is 12.2 Å². The van der Waals surface area contributed by atoms with Crippen molar-refractivity contribution in [2.75, 3.05) is 12.4 Å². The third kappa shape index (κ3) is 4.07. The average molecular weight is 316 g/mol. The van der Waals surface area contributed by atoms with Crippen LogP contribution in [0.3, 0.4) is 0 Å². The number of nitrogens with one attached hydrogen (secondary N) is 1. The molecule has 1 heterocycles. The molecule has 0 unspecified atom stereocenters. The molecule has 1 N–H and O–H groups in total. The first-order valence-corrected chi connectivity index (χ1v) is 8.08. The van der Waals surface area contributed by atoms with Gasteiger partial charge in [0.25, 0.3) is 0 Å². The van der Waals surface area contributed by atoms with Gasteiger partial charge in [0.2, 0.25) is 0 Å². The molecule has 22 heavy (non-hydrogen) atoms. The van der Waals surface area contributed by atoms with E-state index in [4.69, 9.17) is 12.2 Å². The molecule has 0 aliphatic carbocycles. The van der Waals surface area contributed by atoms with Crippen molar-refractivity contribution in [3.05, 3.63) is 47.3 Å². The molecule has 0 saturated carbocycles. The monoisotopic (exact) mass is 316 g/mol. The molecule has 0 fully saturated rings. The summed E-state index contributed by atoms with van der Waals surface area (Å²) in [6.45, 7) is 7.92. The molecular formula is C17H24N4S. The SMILES string of the molecule is CCc1ccc(NC(=S)N(C)Cc2cn(CC)nc2C)cc1. The van der Waals surface area contributed by atoms with Crippen LogP contribution in [0.4, 0.5) is 5.69 Å². The van der Waals surface area contributed by atoms with E-state index in [0.29, 0.717) is 5.11 Å². The van der Waals surface area contributed by atoms with E-state index in [0.717, 1.165) is 30.9 Å². The Morgan fingerprint density at radius 2 is 1.95 bits per heavy atom. The number of aryl methyl sites for hydroxylation is 3. The molecule has 1 aromatic heterocycles. The highest BCUT2D eigenvalue weighted by Crippen LogP contribution is 2.13. The lowest BCUT2D eigenvalue weighted by Gasteiger charge is -2.21. The number of thiocarbonyl (C=S) groups is 1. The van der Waals surface area contributed by atoms with Crippen LogP contribution < -0.4 is 5.32 Å². The zero-order valence-electron chi connectivity index (χ0n) is 13.8. The van der Waals surface area contributed by atoms with Crippen molar-refractivity contribution < 1.29 is 0 Å². The molecule has 2 rings (SSSR count). The fraction of sp³-hybridized carbons (Fsp3) is 0.412. The number of nitrogens with zero attached hydrogens (tertiary/aromatic N) is 3. The maximum atomic E-state index is 5.49. The van der Waals surface area contributed by atoms with E-state index in [9.17, 15) is 0 Å². The highest BCUT2D eigenvalue weighted by atomic mass is 32.1. The van der Waals surface area contributed by atoms with Gasteiger partial charge in [-0.05, 0) is 50.2 Å². The maximum Gasteiger partial charge on any atom is 0.173 e. The van der Waals surface area contributed by atoms with Crippen LogP contribution in [0.25, 0.3) is 0 Å². The van der Waals surface area contributed by atoms with Crippen molar-refractivity contribution in [2.24, 2.45) is 0 Å². The van der Waals surface area contributed by atoms with Crippen molar-refractivity contribution in [1.82, 2.24) is 14.7 Å². The van der Waals surface area contributed by atoms with Crippen LogP contribution in [0.2, 0.25) is 0 Å². The maximum absolute atomic E-state index is 5.49. The van der Waals surface area contributed by atoms with Gasteiger partial charge in [0.05, 0.1) is 5.69 Å². The van der Waals surface area contributed by atoms with Gasteiger partial charge in [-0.2, -0.15) is 5.10 Å². The summed E-state index contributed by atoms with van der Waals surface area (Å²) >= 11 is 5.49. The van der Waals surface area contributed by atoms with Gasteiger partial charge >= 0.3 is 0 Å². The Morgan fingerprint density at radius 3 is 2.50 bits per heavy atom. The van der Waals surface area contributed by atoms with E-state index < -0.39 is 0 Å². The minimum Gasteiger partial charge on any atom is -0.348 e. The predicted molar refractivity (Wildman–Crippen MR) is 96.1 cm³/mol. The van der Waals surface area contributed by atoms with E-state index in [2.05, 4.69) is 54.7 Å². The lowest BCUT2D eigenvalue weighted by molar-refractivity contribution is 0.506. The molecular weight excluding hydrogens is 292 g/mol. The van der Waals surface area contributed by atoms with Gasteiger partial charge in [-0.25, -0.2) is 0 Å². The van der Waals surface area contributed by atoms with Crippen LogP contribution in [0.1, 0.15) is 30.7 Å². The Kier molecular flexibility index (Phi) is 5.55. The van der Waals surface area contributed by atoms with Gasteiger partial charge < -0.3 is 10.2 Å². The molecule has 0 amide bonds. The van der Waals surface area contributed by atoms with Crippen molar-refractivity contribution in [3.8, 4) is 0 Å². The summed E-state index contributed by atoms with van der Waals surface area (Å²) < 4.78 is 1.96. The van der Waals surface area contributed by atoms with Gasteiger partial charge in [-0.1, -0.05) is 19.1 Å². The smallest absolute Gasteiger partial charge is 0.173 e. The normalized spacial score (nSPS) is 10.5. The molecule has 0 spiro atoms. The molecule has 0 bridgehead atoms. The largest absolute Gasteiger partial charge is 0.348 e. The standard InChI is InChI=1S/C17H24N4S/c1-5-14-7-9-16(10-8-14)18-17(22)20(4)11-15-12-21(6-2)19-13(15)3/h7-10,12H,5-6,11H2,1-4H3,(H,18,22). The summed E-state index contributed by atoms with van der Waals surface area (Å²) in [5, 5.41) is 8.47. The zero-order chi connectivity index (χ0) is 16.1. The second-order valence-corrected chi connectivity index (χ2v) is 5.82. The van der Waals surface area contributed by atoms with E-state index >= 15 is 0 Å². The van der Waals surface area contributed by atoms with E-state index in [1.807, 2.05) is 23.6 Å². The molecule has 118 valence electrons. The Labute approximate surface area is 138 Å². The van der Waals surface area contributed by atoms with Crippen LogP contribution in [0.15, 0.2) is 30.5 Å². The van der Waals surface area contributed by atoms with Crippen LogP contribution in [-0.2, 0) is 19.5 Å². The third-order valence-electron chi connectivity index (χ3n) is 3.74. The summed E-state index contributed by atoms with van der Waals surface area (Å²) in [6.07, 6.45) is 3.13. The fourth-order valence-corrected chi connectivity index (χ4v) is 2.43. The molecule has 4 nitrogen and oxygen atoms in total. The zero-order valence-corrected chi connectivity index (χ0v) is 14.6. The molecule has 0 aliphatic rings. The van der Waals surface area contributed by atoms with Crippen LogP contribution in [0.5, 0.6) is 0 Å². The lowest BCUT2D eigenvalue weighted by atomic mass is 10.1. The van der Waals surface area contributed by atoms with Crippen molar-refractivity contribution in [3.63, 3.8) is 0 Å². The highest BCUT2D eigenvalue weighted by Gasteiger charge is 2.10. The highest BCUT2D eigenvalue weighted by molar-refractivity contribution is 7.80. The molecule has 0 saturated heterocycles. The van der Waals surface area contributed by atoms with Gasteiger partial charge in [0.15, 0.2) is 5.11 Å². The second-order valence-electron chi connectivity index (χ2n) is 5.43. The van der Waals surface area contributed by atoms with Crippen LogP contribution in [-0.4, -0.2) is 26.8 Å². The Hall–Kier alpha value is -1.88. The second kappa shape index (κ2) is 7.40. The molecule has 0 radical (unpaired) electrons. The summed E-state index contributed by atoms with van der Waals surface area (Å²) in [7, 11) is 2.00. The summed E-state index contributed by atoms with van der Waals surface area (Å²) in [5.74, 6) is 0. The first-order chi connectivity index (χ1) is 10.5. The summed E-state index contributed by atoms with van der Waals surface area (Å²) in [6, 6.07) is 8.39. The van der Waals surface area contributed by atoms with E-state index in [1.54, 1.807) is 0 Å². The Balaban J connectivity index is 1.97. The number of anilines is 1. The number of rotatable bonds is 5. The lowest BCUT2D eigenvalue weighted by Crippen LogP contribution is -2.30. The molecule has 1 aromatic carbocycles. The van der Waals surface area contributed by atoms with E-state index in [1.165, 1.54) is 11.1 Å². The van der Waals surface area contributed by atoms with Gasteiger partial charge in [0, 0.05) is 37.6 Å². The van der Waals surface area contributed by atoms with Crippen molar-refractivity contribution in [2.45, 2.75) is 40.3 Å². The summed E-state index contributed by atoms with van der Waals surface area (Å²) in [4.78, 5) is 2.03. The Bertz CT molecular complexity index is 631. The van der Waals surface area contributed by atoms with E-state index in [-0.39, 0.29) is 0 Å². The first kappa shape index (κ1) is 16.5. The predicted octanol–water partition coefficient (Wildman–Crippen LogP) is 3.60. The third-order valence-corrected chi connectivity index (χ3v) is 4.15. The van der Waals surface area contributed by atoms with Crippen LogP contribution in [0, 0.1) is 6.92 Å². The Morgan fingerprint density at radius 1 is 1.27 bits per heavy atom. The number of benzene rings is 1. The summed E-state index contributed by atoms with van der Waals surface area (Å²) in [5.41, 5.74) is 4.61. The van der Waals surface area contributed by atoms with Gasteiger partial charge in [0.1, 0.15) is 0 Å². The minimum atomic E-state index is 0.716. The quantitative estimate of drug-likeness (QED) is 0.855. The van der Waals surface area contributed by atoms with Crippen molar-refractivity contribution >= 4 is 23.0 Å². The van der Waals surface area contributed by atoms with Gasteiger partial charge in [-0.15, -0.1) is 0 Å². The first-order valence-electron chi connectivity index (χ1n) is 7.67. The molecule has 0 atom stereocenters. The fourth-order valence-electron chi connectivity index (χ4n) is 2.25.